The van der Waals surface area contributed by atoms with Crippen LogP contribution < -0.4 is 15.0 Å². The highest BCUT2D eigenvalue weighted by Gasteiger charge is 2.18. The van der Waals surface area contributed by atoms with Crippen molar-refractivity contribution < 1.29 is 14.3 Å². The van der Waals surface area contributed by atoms with Gasteiger partial charge in [0.05, 0.1) is 22.9 Å². The Morgan fingerprint density at radius 1 is 0.969 bits per heavy atom. The van der Waals surface area contributed by atoms with Crippen LogP contribution in [0.3, 0.4) is 0 Å². The quantitative estimate of drug-likeness (QED) is 0.405. The van der Waals surface area contributed by atoms with E-state index in [1.165, 1.54) is 4.90 Å². The Morgan fingerprint density at radius 3 is 2.44 bits per heavy atom. The van der Waals surface area contributed by atoms with E-state index in [0.717, 1.165) is 5.56 Å². The lowest BCUT2D eigenvalue weighted by Crippen LogP contribution is -2.30. The van der Waals surface area contributed by atoms with E-state index in [4.69, 9.17) is 27.9 Å². The minimum absolute atomic E-state index is 0.112. The van der Waals surface area contributed by atoms with E-state index >= 15 is 0 Å². The molecule has 2 amide bonds. The smallest absolute Gasteiger partial charge is 0.253 e. The number of carbonyl (C=O) groups excluding carboxylic acids is 2. The zero-order valence-corrected chi connectivity index (χ0v) is 19.2. The summed E-state index contributed by atoms with van der Waals surface area (Å²) in [5.41, 5.74) is 2.01. The first-order valence-corrected chi connectivity index (χ1v) is 11.0. The van der Waals surface area contributed by atoms with Crippen LogP contribution in [-0.4, -0.2) is 25.5 Å². The first-order chi connectivity index (χ1) is 15.5. The van der Waals surface area contributed by atoms with Crippen LogP contribution in [0.2, 0.25) is 10.0 Å². The molecular weight excluding hydrogens is 447 g/mol. The van der Waals surface area contributed by atoms with Crippen molar-refractivity contribution in [1.29, 1.82) is 0 Å². The number of rotatable bonds is 9. The van der Waals surface area contributed by atoms with E-state index in [1.807, 2.05) is 30.3 Å². The topological polar surface area (TPSA) is 58.6 Å². The van der Waals surface area contributed by atoms with Gasteiger partial charge in [-0.15, -0.1) is 0 Å². The van der Waals surface area contributed by atoms with Crippen molar-refractivity contribution in [3.05, 3.63) is 94.0 Å². The number of nitrogens with one attached hydrogen (secondary N) is 1. The van der Waals surface area contributed by atoms with Gasteiger partial charge < -0.3 is 15.0 Å². The lowest BCUT2D eigenvalue weighted by Gasteiger charge is -2.20. The minimum atomic E-state index is -0.232. The molecule has 0 bridgehead atoms. The summed E-state index contributed by atoms with van der Waals surface area (Å²) in [6.07, 6.45) is 0.770. The summed E-state index contributed by atoms with van der Waals surface area (Å²) in [6, 6.07) is 21.7. The van der Waals surface area contributed by atoms with Crippen LogP contribution in [0.15, 0.2) is 72.8 Å². The summed E-state index contributed by atoms with van der Waals surface area (Å²) in [6.45, 7) is 0.746. The molecule has 0 aromatic heterocycles. The van der Waals surface area contributed by atoms with Crippen molar-refractivity contribution >= 4 is 40.7 Å². The zero-order chi connectivity index (χ0) is 22.9. The average molecular weight is 471 g/mol. The van der Waals surface area contributed by atoms with Crippen molar-refractivity contribution in [2.75, 3.05) is 18.6 Å². The van der Waals surface area contributed by atoms with Crippen molar-refractivity contribution in [1.82, 2.24) is 5.32 Å². The number of ether oxygens (including phenoxy) is 1. The molecule has 3 aromatic rings. The predicted octanol–water partition coefficient (Wildman–Crippen LogP) is 5.75. The van der Waals surface area contributed by atoms with Crippen LogP contribution in [0.5, 0.6) is 5.75 Å². The number of anilines is 1. The average Bonchev–Trinajstić information content (AvgIpc) is 2.81. The fraction of sp³-hybridized carbons (Fsp3) is 0.200. The van der Waals surface area contributed by atoms with Gasteiger partial charge in [-0.3, -0.25) is 9.59 Å². The predicted molar refractivity (Wildman–Crippen MR) is 129 cm³/mol. The third-order valence-corrected chi connectivity index (χ3v) is 5.40. The summed E-state index contributed by atoms with van der Waals surface area (Å²) in [5.74, 6) is 0.182. The number of para-hydroxylation sites is 1. The van der Waals surface area contributed by atoms with Gasteiger partial charge in [-0.05, 0) is 42.3 Å². The summed E-state index contributed by atoms with van der Waals surface area (Å²) in [4.78, 5) is 27.0. The molecular formula is C25H24Cl2N2O3. The fourth-order valence-electron chi connectivity index (χ4n) is 3.13. The number of nitrogens with zero attached hydrogens (tertiary/aromatic N) is 1. The number of carbonyl (C=O) groups is 2. The second-order valence-electron chi connectivity index (χ2n) is 7.16. The van der Waals surface area contributed by atoms with Crippen LogP contribution >= 0.6 is 23.2 Å². The Labute approximate surface area is 197 Å². The molecule has 0 saturated heterocycles. The molecule has 0 aliphatic carbocycles. The number of hydrogen-bond donors (Lipinski definition) is 1. The molecule has 0 heterocycles. The molecule has 0 aliphatic heterocycles. The molecule has 0 spiro atoms. The van der Waals surface area contributed by atoms with E-state index in [1.54, 1.807) is 49.5 Å². The molecule has 0 unspecified atom stereocenters. The molecule has 0 fully saturated rings. The highest BCUT2D eigenvalue weighted by atomic mass is 35.5. The molecule has 0 aliphatic rings. The second-order valence-corrected chi connectivity index (χ2v) is 8.01. The Morgan fingerprint density at radius 2 is 1.69 bits per heavy atom. The number of hydrogen-bond acceptors (Lipinski definition) is 3. The first kappa shape index (κ1) is 23.6. The van der Waals surface area contributed by atoms with E-state index in [-0.39, 0.29) is 18.2 Å². The van der Waals surface area contributed by atoms with Crippen LogP contribution in [0, 0.1) is 0 Å². The summed E-state index contributed by atoms with van der Waals surface area (Å²) < 4.78 is 5.64. The van der Waals surface area contributed by atoms with E-state index in [2.05, 4.69) is 5.32 Å². The number of halogens is 2. The van der Waals surface area contributed by atoms with Crippen LogP contribution in [0.4, 0.5) is 5.69 Å². The van der Waals surface area contributed by atoms with Gasteiger partial charge in [-0.1, -0.05) is 65.7 Å². The lowest BCUT2D eigenvalue weighted by molar-refractivity contribution is -0.118. The van der Waals surface area contributed by atoms with Crippen molar-refractivity contribution in [3.8, 4) is 5.75 Å². The molecule has 0 radical (unpaired) electrons. The van der Waals surface area contributed by atoms with Crippen molar-refractivity contribution in [2.45, 2.75) is 19.4 Å². The molecule has 32 heavy (non-hydrogen) atoms. The minimum Gasteiger partial charge on any atom is -0.492 e. The fourth-order valence-corrected chi connectivity index (χ4v) is 3.59. The van der Waals surface area contributed by atoms with Gasteiger partial charge in [-0.25, -0.2) is 0 Å². The maximum atomic E-state index is 12.7. The highest BCUT2D eigenvalue weighted by molar-refractivity contribution is 6.35. The zero-order valence-electron chi connectivity index (χ0n) is 17.7. The third-order valence-electron chi connectivity index (χ3n) is 4.87. The van der Waals surface area contributed by atoms with Gasteiger partial charge in [0.2, 0.25) is 5.91 Å². The van der Waals surface area contributed by atoms with E-state index < -0.39 is 0 Å². The molecule has 166 valence electrons. The summed E-state index contributed by atoms with van der Waals surface area (Å²) in [7, 11) is 1.67. The lowest BCUT2D eigenvalue weighted by atomic mass is 10.1. The Kier molecular flexibility index (Phi) is 8.54. The SMILES string of the molecule is CN(C(=O)CCCOc1ccc(Cl)cc1Cl)c1ccccc1C(=O)NCc1ccccc1. The largest absolute Gasteiger partial charge is 0.492 e. The molecule has 3 rings (SSSR count). The van der Waals surface area contributed by atoms with Gasteiger partial charge in [0, 0.05) is 25.0 Å². The third kappa shape index (κ3) is 6.49. The van der Waals surface area contributed by atoms with Gasteiger partial charge in [-0.2, -0.15) is 0 Å². The van der Waals surface area contributed by atoms with E-state index in [9.17, 15) is 9.59 Å². The molecule has 0 saturated carbocycles. The highest BCUT2D eigenvalue weighted by Crippen LogP contribution is 2.27. The standard InChI is InChI=1S/C25H24Cl2N2O3/c1-29(24(30)12-7-15-32-23-14-13-19(26)16-21(23)27)22-11-6-5-10-20(22)25(31)28-17-18-8-3-2-4-9-18/h2-6,8-11,13-14,16H,7,12,15,17H2,1H3,(H,28,31). The Hall–Kier alpha value is -3.02. The van der Waals surface area contributed by atoms with Gasteiger partial charge in [0.15, 0.2) is 0 Å². The first-order valence-electron chi connectivity index (χ1n) is 10.2. The second kappa shape index (κ2) is 11.6. The maximum absolute atomic E-state index is 12.7. The van der Waals surface area contributed by atoms with Gasteiger partial charge in [0.1, 0.15) is 5.75 Å². The van der Waals surface area contributed by atoms with Crippen LogP contribution in [0.1, 0.15) is 28.8 Å². The number of benzene rings is 3. The molecule has 7 heteroatoms. The monoisotopic (exact) mass is 470 g/mol. The summed E-state index contributed by atoms with van der Waals surface area (Å²) >= 11 is 12.0. The van der Waals surface area contributed by atoms with Crippen molar-refractivity contribution in [3.63, 3.8) is 0 Å². The molecule has 3 aromatic carbocycles. The Bertz CT molecular complexity index is 1070. The Balaban J connectivity index is 1.55. The van der Waals surface area contributed by atoms with Crippen LogP contribution in [0.25, 0.3) is 0 Å². The maximum Gasteiger partial charge on any atom is 0.253 e. The van der Waals surface area contributed by atoms with Gasteiger partial charge >= 0.3 is 0 Å². The number of amides is 2. The molecule has 1 N–H and O–H groups in total. The van der Waals surface area contributed by atoms with Crippen molar-refractivity contribution in [2.24, 2.45) is 0 Å². The normalized spacial score (nSPS) is 10.5. The summed E-state index contributed by atoms with van der Waals surface area (Å²) in [5, 5.41) is 3.87. The van der Waals surface area contributed by atoms with E-state index in [0.29, 0.717) is 46.6 Å². The molecule has 0 atom stereocenters. The van der Waals surface area contributed by atoms with Crippen LogP contribution in [-0.2, 0) is 11.3 Å². The molecule has 5 nitrogen and oxygen atoms in total. The van der Waals surface area contributed by atoms with Gasteiger partial charge in [0.25, 0.3) is 5.91 Å².